The van der Waals surface area contributed by atoms with E-state index >= 15 is 0 Å². The van der Waals surface area contributed by atoms with Crippen molar-refractivity contribution in [3.63, 3.8) is 0 Å². The van der Waals surface area contributed by atoms with Crippen LogP contribution in [0.5, 0.6) is 5.88 Å². The lowest BCUT2D eigenvalue weighted by Crippen LogP contribution is -2.29. The summed E-state index contributed by atoms with van der Waals surface area (Å²) in [4.78, 5) is 17.1. The van der Waals surface area contributed by atoms with Crippen LogP contribution < -0.4 is 5.56 Å². The van der Waals surface area contributed by atoms with Crippen molar-refractivity contribution >= 4 is 21.7 Å². The molecule has 0 bridgehead atoms. The fourth-order valence-corrected chi connectivity index (χ4v) is 5.28. The summed E-state index contributed by atoms with van der Waals surface area (Å²) in [6.07, 6.45) is 1.64. The van der Waals surface area contributed by atoms with E-state index in [-0.39, 0.29) is 34.9 Å². The molecule has 2 heterocycles. The zero-order valence-corrected chi connectivity index (χ0v) is 16.7. The van der Waals surface area contributed by atoms with Crippen LogP contribution in [-0.2, 0) is 9.84 Å². The number of aromatic hydroxyl groups is 1. The number of pyridine rings is 1. The van der Waals surface area contributed by atoms with Crippen LogP contribution in [0.25, 0.3) is 0 Å². The summed E-state index contributed by atoms with van der Waals surface area (Å²) in [5.74, 6) is -0.649. The first-order chi connectivity index (χ1) is 13.1. The minimum Gasteiger partial charge on any atom is -0.494 e. The normalized spacial score (nSPS) is 18.4. The van der Waals surface area contributed by atoms with Crippen LogP contribution in [0.1, 0.15) is 40.3 Å². The van der Waals surface area contributed by atoms with Gasteiger partial charge in [-0.05, 0) is 56.0 Å². The number of aliphatic imine (C=N–C) groups is 1. The largest absolute Gasteiger partial charge is 0.494 e. The van der Waals surface area contributed by atoms with Crippen LogP contribution in [-0.4, -0.2) is 35.8 Å². The second-order valence-electron chi connectivity index (χ2n) is 7.19. The predicted molar refractivity (Wildman–Crippen MR) is 107 cm³/mol. The van der Waals surface area contributed by atoms with Crippen molar-refractivity contribution in [1.82, 2.24) is 4.57 Å². The standard InChI is InChI=1S/C20H21N3O4S/c1-12-6-13(2)8-15(7-12)22-10-18-14(3)17(9-21)19(24)23(20(18)25)16-4-5-28(26,27)11-16/h6-8,10,16,25H,4-5,11H2,1-3H3/t16-/m0/s1. The molecule has 7 nitrogen and oxygen atoms in total. The van der Waals surface area contributed by atoms with E-state index in [9.17, 15) is 23.6 Å². The van der Waals surface area contributed by atoms with Crippen LogP contribution in [0.2, 0.25) is 0 Å². The van der Waals surface area contributed by atoms with Crippen molar-refractivity contribution in [3.8, 4) is 11.9 Å². The minimum atomic E-state index is -3.27. The van der Waals surface area contributed by atoms with Crippen LogP contribution >= 0.6 is 0 Å². The molecule has 8 heteroatoms. The summed E-state index contributed by atoms with van der Waals surface area (Å²) in [5, 5.41) is 20.2. The zero-order valence-electron chi connectivity index (χ0n) is 15.9. The van der Waals surface area contributed by atoms with Crippen molar-refractivity contribution in [3.05, 3.63) is 56.4 Å². The fraction of sp³-hybridized carbons (Fsp3) is 0.350. The first-order valence-electron chi connectivity index (χ1n) is 8.84. The molecule has 0 radical (unpaired) electrons. The highest BCUT2D eigenvalue weighted by Gasteiger charge is 2.33. The van der Waals surface area contributed by atoms with Crippen LogP contribution in [0.3, 0.4) is 0 Å². The summed E-state index contributed by atoms with van der Waals surface area (Å²) in [6, 6.07) is 6.94. The second-order valence-corrected chi connectivity index (χ2v) is 9.41. The Balaban J connectivity index is 2.16. The molecule has 1 aromatic carbocycles. The van der Waals surface area contributed by atoms with Crippen LogP contribution in [0.4, 0.5) is 5.69 Å². The number of sulfone groups is 1. The molecule has 0 amide bonds. The van der Waals surface area contributed by atoms with Gasteiger partial charge in [-0.15, -0.1) is 0 Å². The number of nitriles is 1. The quantitative estimate of drug-likeness (QED) is 0.797. The van der Waals surface area contributed by atoms with Gasteiger partial charge in [0.25, 0.3) is 5.56 Å². The summed E-state index contributed by atoms with van der Waals surface area (Å²) < 4.78 is 24.7. The minimum absolute atomic E-state index is 0.0503. The van der Waals surface area contributed by atoms with Gasteiger partial charge in [0.15, 0.2) is 9.84 Å². The Morgan fingerprint density at radius 2 is 1.89 bits per heavy atom. The van der Waals surface area contributed by atoms with Gasteiger partial charge < -0.3 is 5.11 Å². The van der Waals surface area contributed by atoms with Gasteiger partial charge in [0.2, 0.25) is 5.88 Å². The summed E-state index contributed by atoms with van der Waals surface area (Å²) >= 11 is 0. The predicted octanol–water partition coefficient (Wildman–Crippen LogP) is 2.46. The van der Waals surface area contributed by atoms with Crippen molar-refractivity contribution in [1.29, 1.82) is 5.26 Å². The molecule has 3 rings (SSSR count). The summed E-state index contributed by atoms with van der Waals surface area (Å²) in [5.41, 5.74) is 2.50. The number of aromatic nitrogens is 1. The Morgan fingerprint density at radius 3 is 2.43 bits per heavy atom. The van der Waals surface area contributed by atoms with Gasteiger partial charge in [0.05, 0.1) is 28.8 Å². The van der Waals surface area contributed by atoms with Crippen molar-refractivity contribution in [2.24, 2.45) is 4.99 Å². The molecule has 0 spiro atoms. The number of nitrogens with zero attached hydrogens (tertiary/aromatic N) is 3. The van der Waals surface area contributed by atoms with E-state index in [0.29, 0.717) is 11.3 Å². The highest BCUT2D eigenvalue weighted by atomic mass is 32.2. The third kappa shape index (κ3) is 3.71. The molecule has 1 fully saturated rings. The maximum atomic E-state index is 12.7. The molecule has 0 saturated carbocycles. The van der Waals surface area contributed by atoms with E-state index in [1.54, 1.807) is 6.92 Å². The van der Waals surface area contributed by atoms with Crippen LogP contribution in [0.15, 0.2) is 28.0 Å². The van der Waals surface area contributed by atoms with E-state index in [1.165, 1.54) is 6.21 Å². The maximum absolute atomic E-state index is 12.7. The first-order valence-corrected chi connectivity index (χ1v) is 10.7. The highest BCUT2D eigenvalue weighted by molar-refractivity contribution is 7.91. The molecule has 0 aliphatic carbocycles. The molecule has 2 aromatic rings. The topological polar surface area (TPSA) is 113 Å². The Bertz CT molecular complexity index is 1170. The molecule has 1 aromatic heterocycles. The van der Waals surface area contributed by atoms with E-state index < -0.39 is 21.4 Å². The van der Waals surface area contributed by atoms with E-state index in [2.05, 4.69) is 4.99 Å². The summed E-state index contributed by atoms with van der Waals surface area (Å²) in [7, 11) is -3.27. The SMILES string of the molecule is Cc1cc(C)cc(N=Cc2c(C)c(C#N)c(=O)n([C@H]3CCS(=O)(=O)C3)c2O)c1. The number of aryl methyl sites for hydroxylation is 2. The summed E-state index contributed by atoms with van der Waals surface area (Å²) in [6.45, 7) is 5.46. The molecule has 0 unspecified atom stereocenters. The third-order valence-electron chi connectivity index (χ3n) is 4.92. The Hall–Kier alpha value is -2.92. The Morgan fingerprint density at radius 1 is 1.25 bits per heavy atom. The first kappa shape index (κ1) is 19.8. The van der Waals surface area contributed by atoms with Crippen molar-refractivity contribution in [2.45, 2.75) is 33.2 Å². The van der Waals surface area contributed by atoms with E-state index in [1.807, 2.05) is 38.1 Å². The molecule has 1 atom stereocenters. The van der Waals surface area contributed by atoms with Crippen molar-refractivity contribution < 1.29 is 13.5 Å². The lowest BCUT2D eigenvalue weighted by Gasteiger charge is -2.18. The second kappa shape index (κ2) is 7.24. The Labute approximate surface area is 163 Å². The molecule has 1 saturated heterocycles. The number of hydrogen-bond acceptors (Lipinski definition) is 6. The maximum Gasteiger partial charge on any atom is 0.271 e. The monoisotopic (exact) mass is 399 g/mol. The molecule has 1 aliphatic rings. The molecule has 1 N–H and O–H groups in total. The van der Waals surface area contributed by atoms with Gasteiger partial charge in [-0.25, -0.2) is 8.42 Å². The molecule has 146 valence electrons. The van der Waals surface area contributed by atoms with E-state index in [0.717, 1.165) is 15.7 Å². The van der Waals surface area contributed by atoms with Crippen molar-refractivity contribution in [2.75, 3.05) is 11.5 Å². The van der Waals surface area contributed by atoms with Gasteiger partial charge in [0.1, 0.15) is 11.6 Å². The molecular formula is C20H21N3O4S. The average molecular weight is 399 g/mol. The smallest absolute Gasteiger partial charge is 0.271 e. The molecular weight excluding hydrogens is 378 g/mol. The highest BCUT2D eigenvalue weighted by Crippen LogP contribution is 2.30. The number of rotatable bonds is 3. The van der Waals surface area contributed by atoms with Gasteiger partial charge in [-0.2, -0.15) is 5.26 Å². The van der Waals surface area contributed by atoms with Gasteiger partial charge in [-0.3, -0.25) is 14.4 Å². The lowest BCUT2D eigenvalue weighted by molar-refractivity contribution is 0.379. The van der Waals surface area contributed by atoms with Gasteiger partial charge in [-0.1, -0.05) is 6.07 Å². The molecule has 1 aliphatic heterocycles. The fourth-order valence-electron chi connectivity index (χ4n) is 3.58. The number of hydrogen-bond donors (Lipinski definition) is 1. The average Bonchev–Trinajstić information content (AvgIpc) is 2.93. The van der Waals surface area contributed by atoms with Gasteiger partial charge in [0, 0.05) is 6.21 Å². The lowest BCUT2D eigenvalue weighted by atomic mass is 10.0. The number of benzene rings is 1. The zero-order chi connectivity index (χ0) is 20.6. The van der Waals surface area contributed by atoms with Gasteiger partial charge >= 0.3 is 0 Å². The molecule has 28 heavy (non-hydrogen) atoms. The van der Waals surface area contributed by atoms with Crippen LogP contribution in [0, 0.1) is 32.1 Å². The third-order valence-corrected chi connectivity index (χ3v) is 6.67. The Kier molecular flexibility index (Phi) is 5.13. The van der Waals surface area contributed by atoms with E-state index in [4.69, 9.17) is 0 Å².